The molecule has 0 aliphatic heterocycles. The molecule has 160 valence electrons. The summed E-state index contributed by atoms with van der Waals surface area (Å²) in [4.78, 5) is 19.2. The molecule has 0 saturated carbocycles. The first kappa shape index (κ1) is 19.7. The molecule has 0 fully saturated rings. The fourth-order valence-electron chi connectivity index (χ4n) is 3.62. The predicted octanol–water partition coefficient (Wildman–Crippen LogP) is 3.64. The Morgan fingerprint density at radius 2 is 1.88 bits per heavy atom. The van der Waals surface area contributed by atoms with Gasteiger partial charge in [0, 0.05) is 11.9 Å². The highest BCUT2D eigenvalue weighted by Crippen LogP contribution is 2.28. The lowest BCUT2D eigenvalue weighted by atomic mass is 10.2. The van der Waals surface area contributed by atoms with E-state index in [1.807, 2.05) is 47.0 Å². The van der Waals surface area contributed by atoms with E-state index in [0.717, 1.165) is 45.1 Å². The van der Waals surface area contributed by atoms with E-state index in [2.05, 4.69) is 39.1 Å². The molecule has 0 amide bonds. The summed E-state index contributed by atoms with van der Waals surface area (Å²) in [6.45, 7) is 4.26. The minimum absolute atomic E-state index is 0.148. The van der Waals surface area contributed by atoms with Gasteiger partial charge in [0.05, 0.1) is 18.7 Å². The number of pyridine rings is 1. The number of rotatable bonds is 6. The van der Waals surface area contributed by atoms with E-state index in [-0.39, 0.29) is 6.61 Å². The highest BCUT2D eigenvalue weighted by Gasteiger charge is 2.19. The molecule has 0 aliphatic rings. The smallest absolute Gasteiger partial charge is 0.192 e. The summed E-state index contributed by atoms with van der Waals surface area (Å²) in [5.41, 5.74) is 4.57. The van der Waals surface area contributed by atoms with E-state index in [1.54, 1.807) is 30.4 Å². The van der Waals surface area contributed by atoms with Gasteiger partial charge < -0.3 is 9.57 Å². The Kier molecular flexibility index (Phi) is 4.98. The van der Waals surface area contributed by atoms with E-state index in [0.29, 0.717) is 5.82 Å². The van der Waals surface area contributed by atoms with Crippen molar-refractivity contribution in [3.63, 3.8) is 0 Å². The number of benzene rings is 1. The molecule has 4 aromatic heterocycles. The summed E-state index contributed by atoms with van der Waals surface area (Å²) in [7, 11) is 1.63. The second-order valence-electron chi connectivity index (χ2n) is 7.25. The SMILES string of the molecule is COc1ccc(/C=N\OCc2nc3c4c(C)c(C)n(-c5ccccn5)c4ncn3n2)cc1. The van der Waals surface area contributed by atoms with Crippen molar-refractivity contribution < 1.29 is 9.57 Å². The van der Waals surface area contributed by atoms with E-state index < -0.39 is 0 Å². The zero-order chi connectivity index (χ0) is 22.1. The number of ether oxygens (including phenoxy) is 1. The van der Waals surface area contributed by atoms with Crippen LogP contribution in [0.3, 0.4) is 0 Å². The maximum Gasteiger partial charge on any atom is 0.192 e. The molecule has 0 radical (unpaired) electrons. The van der Waals surface area contributed by atoms with Gasteiger partial charge >= 0.3 is 0 Å². The van der Waals surface area contributed by atoms with Gasteiger partial charge in [0.25, 0.3) is 0 Å². The van der Waals surface area contributed by atoms with Gasteiger partial charge in [-0.2, -0.15) is 0 Å². The van der Waals surface area contributed by atoms with Crippen LogP contribution in [0.2, 0.25) is 0 Å². The van der Waals surface area contributed by atoms with Crippen LogP contribution in [0, 0.1) is 13.8 Å². The summed E-state index contributed by atoms with van der Waals surface area (Å²) in [5.74, 6) is 2.13. The molecule has 0 aliphatic carbocycles. The number of aryl methyl sites for hydroxylation is 1. The van der Waals surface area contributed by atoms with Crippen LogP contribution < -0.4 is 4.74 Å². The number of hydrogen-bond donors (Lipinski definition) is 0. The van der Waals surface area contributed by atoms with Gasteiger partial charge in [0.2, 0.25) is 0 Å². The molecular weight excluding hydrogens is 406 g/mol. The maximum absolute atomic E-state index is 5.41. The molecule has 32 heavy (non-hydrogen) atoms. The minimum Gasteiger partial charge on any atom is -0.497 e. The van der Waals surface area contributed by atoms with Crippen LogP contribution in [0.4, 0.5) is 0 Å². The Labute approximate surface area is 184 Å². The fourth-order valence-corrected chi connectivity index (χ4v) is 3.62. The zero-order valence-corrected chi connectivity index (χ0v) is 17.9. The summed E-state index contributed by atoms with van der Waals surface area (Å²) < 4.78 is 8.86. The van der Waals surface area contributed by atoms with Crippen molar-refractivity contribution in [2.24, 2.45) is 5.16 Å². The summed E-state index contributed by atoms with van der Waals surface area (Å²) in [6.07, 6.45) is 5.07. The largest absolute Gasteiger partial charge is 0.497 e. The van der Waals surface area contributed by atoms with Gasteiger partial charge in [-0.25, -0.2) is 19.5 Å². The van der Waals surface area contributed by atoms with Crippen LogP contribution in [0.15, 0.2) is 60.1 Å². The first-order chi connectivity index (χ1) is 15.7. The van der Waals surface area contributed by atoms with Crippen LogP contribution in [0.1, 0.15) is 22.6 Å². The summed E-state index contributed by atoms with van der Waals surface area (Å²) in [5, 5.41) is 9.44. The van der Waals surface area contributed by atoms with Crippen LogP contribution in [0.25, 0.3) is 22.5 Å². The predicted molar refractivity (Wildman–Crippen MR) is 120 cm³/mol. The lowest BCUT2D eigenvalue weighted by molar-refractivity contribution is 0.126. The quantitative estimate of drug-likeness (QED) is 0.303. The van der Waals surface area contributed by atoms with Gasteiger partial charge in [-0.15, -0.1) is 5.10 Å². The Balaban J connectivity index is 1.42. The van der Waals surface area contributed by atoms with Gasteiger partial charge in [0.15, 0.2) is 23.7 Å². The van der Waals surface area contributed by atoms with Crippen molar-refractivity contribution in [1.29, 1.82) is 0 Å². The average Bonchev–Trinajstić information content (AvgIpc) is 3.36. The van der Waals surface area contributed by atoms with Crippen molar-refractivity contribution in [1.82, 2.24) is 29.1 Å². The molecule has 0 saturated heterocycles. The molecule has 4 heterocycles. The zero-order valence-electron chi connectivity index (χ0n) is 17.9. The number of hydrogen-bond acceptors (Lipinski definition) is 7. The number of fused-ring (bicyclic) bond motifs is 3. The molecule has 1 aromatic carbocycles. The Morgan fingerprint density at radius 3 is 2.62 bits per heavy atom. The maximum atomic E-state index is 5.41. The Bertz CT molecular complexity index is 1420. The highest BCUT2D eigenvalue weighted by atomic mass is 16.6. The summed E-state index contributed by atoms with van der Waals surface area (Å²) >= 11 is 0. The number of aromatic nitrogens is 6. The van der Waals surface area contributed by atoms with Gasteiger partial charge in [-0.1, -0.05) is 11.2 Å². The lowest BCUT2D eigenvalue weighted by Crippen LogP contribution is -2.01. The van der Waals surface area contributed by atoms with E-state index in [9.17, 15) is 0 Å². The highest BCUT2D eigenvalue weighted by molar-refractivity contribution is 5.94. The standard InChI is InChI=1S/C23H21N7O2/c1-15-16(2)30(20-6-4-5-11-24-20)22-21(15)23-27-19(28-29(23)14-25-22)13-32-26-12-17-7-9-18(31-3)10-8-17/h4-12,14H,13H2,1-3H3/b26-12-. The molecular formula is C23H21N7O2. The normalized spacial score (nSPS) is 11.6. The van der Waals surface area contributed by atoms with Crippen LogP contribution in [-0.4, -0.2) is 42.5 Å². The monoisotopic (exact) mass is 427 g/mol. The number of oxime groups is 1. The van der Waals surface area contributed by atoms with Crippen LogP contribution in [-0.2, 0) is 11.4 Å². The lowest BCUT2D eigenvalue weighted by Gasteiger charge is -2.05. The van der Waals surface area contributed by atoms with Crippen molar-refractivity contribution in [2.45, 2.75) is 20.5 Å². The molecule has 0 N–H and O–H groups in total. The Morgan fingerprint density at radius 1 is 1.03 bits per heavy atom. The van der Waals surface area contributed by atoms with Crippen molar-refractivity contribution in [3.05, 3.63) is 77.6 Å². The molecule has 0 unspecified atom stereocenters. The number of nitrogens with zero attached hydrogens (tertiary/aromatic N) is 7. The van der Waals surface area contributed by atoms with Gasteiger partial charge in [-0.05, 0) is 61.4 Å². The number of methoxy groups -OCH3 is 1. The minimum atomic E-state index is 0.148. The third-order valence-electron chi connectivity index (χ3n) is 5.34. The molecule has 5 aromatic rings. The van der Waals surface area contributed by atoms with E-state index in [4.69, 9.17) is 9.57 Å². The van der Waals surface area contributed by atoms with Gasteiger partial charge in [-0.3, -0.25) is 4.57 Å². The first-order valence-electron chi connectivity index (χ1n) is 10.1. The molecule has 9 nitrogen and oxygen atoms in total. The van der Waals surface area contributed by atoms with Gasteiger partial charge in [0.1, 0.15) is 17.9 Å². The molecule has 5 rings (SSSR count). The first-order valence-corrected chi connectivity index (χ1v) is 10.1. The van der Waals surface area contributed by atoms with Crippen LogP contribution >= 0.6 is 0 Å². The second-order valence-corrected chi connectivity index (χ2v) is 7.25. The molecule has 9 heteroatoms. The summed E-state index contributed by atoms with van der Waals surface area (Å²) in [6, 6.07) is 13.3. The van der Waals surface area contributed by atoms with Crippen molar-refractivity contribution in [2.75, 3.05) is 7.11 Å². The Hall–Kier alpha value is -4.27. The van der Waals surface area contributed by atoms with E-state index >= 15 is 0 Å². The average molecular weight is 427 g/mol. The third-order valence-corrected chi connectivity index (χ3v) is 5.34. The molecule has 0 atom stereocenters. The second kappa shape index (κ2) is 8.10. The van der Waals surface area contributed by atoms with E-state index in [1.165, 1.54) is 0 Å². The third kappa shape index (κ3) is 3.43. The topological polar surface area (TPSA) is 91.7 Å². The van der Waals surface area contributed by atoms with Crippen molar-refractivity contribution >= 4 is 22.9 Å². The van der Waals surface area contributed by atoms with Crippen LogP contribution in [0.5, 0.6) is 5.75 Å². The van der Waals surface area contributed by atoms with Crippen molar-refractivity contribution in [3.8, 4) is 11.6 Å². The fraction of sp³-hybridized carbons (Fsp3) is 0.174. The molecule has 0 spiro atoms. The molecule has 0 bridgehead atoms.